The van der Waals surface area contributed by atoms with E-state index >= 15 is 0 Å². The second-order valence-electron chi connectivity index (χ2n) is 1.81. The van der Waals surface area contributed by atoms with Crippen molar-refractivity contribution < 1.29 is 0 Å². The van der Waals surface area contributed by atoms with Crippen LogP contribution < -0.4 is 4.30 Å². The van der Waals surface area contributed by atoms with Gasteiger partial charge in [0.2, 0.25) is 5.28 Å². The Labute approximate surface area is 72.5 Å². The van der Waals surface area contributed by atoms with Gasteiger partial charge in [0.05, 0.1) is 0 Å². The summed E-state index contributed by atoms with van der Waals surface area (Å²) in [6, 6.07) is 0. The molecule has 0 aliphatic rings. The molecule has 1 N–H and O–H groups in total. The maximum atomic E-state index is 5.52. The van der Waals surface area contributed by atoms with Gasteiger partial charge in [-0.05, 0) is 18.5 Å². The Bertz CT molecular complexity index is 240. The molecule has 1 heterocycles. The fourth-order valence-electron chi connectivity index (χ4n) is 0.567. The Morgan fingerprint density at radius 1 is 1.70 bits per heavy atom. The monoisotopic (exact) mass is 169 g/mol. The fraction of sp³-hybridized carbons (Fsp3) is 0.200. The highest BCUT2D eigenvalue weighted by atomic mass is 35.5. The first-order valence-electron chi connectivity index (χ1n) is 2.70. The van der Waals surface area contributed by atoms with E-state index in [0.29, 0.717) is 0 Å². The van der Waals surface area contributed by atoms with E-state index in [1.54, 1.807) is 6.20 Å². The van der Waals surface area contributed by atoms with Crippen LogP contribution in [0.1, 0.15) is 5.56 Å². The SMILES string of the molecule is Cc1cnc(Cl)nc1[NH][Al]. The lowest BCUT2D eigenvalue weighted by atomic mass is 10.4. The minimum Gasteiger partial charge on any atom is -0.476 e. The average Bonchev–Trinajstić information content (AvgIpc) is 1.94. The molecule has 2 radical (unpaired) electrons. The molecule has 0 aliphatic carbocycles. The largest absolute Gasteiger partial charge is 0.476 e. The van der Waals surface area contributed by atoms with Gasteiger partial charge in [0, 0.05) is 11.8 Å². The Balaban J connectivity index is 3.09. The van der Waals surface area contributed by atoms with Gasteiger partial charge in [-0.3, -0.25) is 0 Å². The number of aryl methyl sites for hydroxylation is 1. The first kappa shape index (κ1) is 7.81. The molecular weight excluding hydrogens is 165 g/mol. The van der Waals surface area contributed by atoms with Crippen LogP contribution in [0.2, 0.25) is 5.28 Å². The molecule has 0 amide bonds. The summed E-state index contributed by atoms with van der Waals surface area (Å²) in [4.78, 5) is 7.71. The van der Waals surface area contributed by atoms with Gasteiger partial charge in [0.25, 0.3) is 0 Å². The van der Waals surface area contributed by atoms with Gasteiger partial charge in [-0.15, -0.1) is 0 Å². The quantitative estimate of drug-likeness (QED) is 0.502. The van der Waals surface area contributed by atoms with Crippen LogP contribution in [0.15, 0.2) is 6.20 Å². The van der Waals surface area contributed by atoms with Crippen LogP contribution in [0.3, 0.4) is 0 Å². The minimum atomic E-state index is 0.260. The normalized spacial score (nSPS) is 9.40. The molecule has 1 aromatic rings. The number of anilines is 1. The topological polar surface area (TPSA) is 37.8 Å². The number of hydrogen-bond donors (Lipinski definition) is 1. The number of rotatable bonds is 1. The zero-order chi connectivity index (χ0) is 7.56. The summed E-state index contributed by atoms with van der Waals surface area (Å²) in [5.74, 6) is 0.741. The first-order valence-corrected chi connectivity index (χ1v) is 3.65. The second kappa shape index (κ2) is 3.20. The third-order valence-corrected chi connectivity index (χ3v) is 1.53. The van der Waals surface area contributed by atoms with Crippen molar-refractivity contribution in [3.8, 4) is 0 Å². The van der Waals surface area contributed by atoms with Gasteiger partial charge in [-0.2, -0.15) is 0 Å². The summed E-state index contributed by atoms with van der Waals surface area (Å²) in [7, 11) is 0. The van der Waals surface area contributed by atoms with E-state index in [4.69, 9.17) is 11.6 Å². The summed E-state index contributed by atoms with van der Waals surface area (Å²) < 4.78 is 2.82. The predicted molar refractivity (Wildman–Crippen MR) is 41.2 cm³/mol. The molecule has 0 aliphatic heterocycles. The van der Waals surface area contributed by atoms with Crippen LogP contribution in [-0.2, 0) is 0 Å². The molecule has 0 fully saturated rings. The molecule has 50 valence electrons. The maximum absolute atomic E-state index is 5.52. The molecule has 1 aromatic heterocycles. The minimum absolute atomic E-state index is 0.260. The van der Waals surface area contributed by atoms with E-state index in [1.807, 2.05) is 6.92 Å². The lowest BCUT2D eigenvalue weighted by molar-refractivity contribution is 1.14. The predicted octanol–water partition coefficient (Wildman–Crippen LogP) is 0.934. The zero-order valence-electron chi connectivity index (χ0n) is 5.43. The van der Waals surface area contributed by atoms with Crippen LogP contribution in [0, 0.1) is 6.92 Å². The third kappa shape index (κ3) is 1.60. The van der Waals surface area contributed by atoms with Crippen molar-refractivity contribution in [2.24, 2.45) is 0 Å². The van der Waals surface area contributed by atoms with E-state index in [0.717, 1.165) is 11.4 Å². The summed E-state index contributed by atoms with van der Waals surface area (Å²) in [5, 5.41) is 0.260. The summed E-state index contributed by atoms with van der Waals surface area (Å²) >= 11 is 7.88. The number of halogens is 1. The van der Waals surface area contributed by atoms with Crippen molar-refractivity contribution >= 4 is 33.9 Å². The van der Waals surface area contributed by atoms with Crippen LogP contribution in [0.4, 0.5) is 5.82 Å². The average molecular weight is 170 g/mol. The lowest BCUT2D eigenvalue weighted by Gasteiger charge is -2.02. The summed E-state index contributed by atoms with van der Waals surface area (Å²) in [5.41, 5.74) is 0.972. The number of nitrogens with zero attached hydrogens (tertiary/aromatic N) is 2. The Hall–Kier alpha value is -0.298. The molecule has 10 heavy (non-hydrogen) atoms. The molecule has 0 saturated carbocycles. The van der Waals surface area contributed by atoms with Gasteiger partial charge in [0.1, 0.15) is 5.82 Å². The molecule has 0 bridgehead atoms. The number of hydrogen-bond acceptors (Lipinski definition) is 3. The van der Waals surface area contributed by atoms with Crippen molar-refractivity contribution in [1.29, 1.82) is 0 Å². The van der Waals surface area contributed by atoms with E-state index in [9.17, 15) is 0 Å². The number of aromatic nitrogens is 2. The molecule has 0 aromatic carbocycles. The summed E-state index contributed by atoms with van der Waals surface area (Å²) in [6.07, 6.45) is 1.67. The Morgan fingerprint density at radius 3 is 2.90 bits per heavy atom. The van der Waals surface area contributed by atoms with Crippen LogP contribution in [-0.4, -0.2) is 26.5 Å². The van der Waals surface area contributed by atoms with Crippen molar-refractivity contribution in [1.82, 2.24) is 9.97 Å². The smallest absolute Gasteiger partial charge is 0.308 e. The van der Waals surface area contributed by atoms with Gasteiger partial charge >= 0.3 is 16.5 Å². The van der Waals surface area contributed by atoms with Gasteiger partial charge in [0.15, 0.2) is 0 Å². The van der Waals surface area contributed by atoms with E-state index in [2.05, 4.69) is 30.8 Å². The molecule has 0 spiro atoms. The molecular formula is C5H5AlClN3. The second-order valence-corrected chi connectivity index (χ2v) is 2.44. The van der Waals surface area contributed by atoms with Gasteiger partial charge in [-0.1, -0.05) is 0 Å². The van der Waals surface area contributed by atoms with Crippen LogP contribution >= 0.6 is 11.6 Å². The highest BCUT2D eigenvalue weighted by Gasteiger charge is 1.96. The van der Waals surface area contributed by atoms with Crippen LogP contribution in [0.5, 0.6) is 0 Å². The highest BCUT2D eigenvalue weighted by Crippen LogP contribution is 2.10. The van der Waals surface area contributed by atoms with Crippen molar-refractivity contribution in [3.63, 3.8) is 0 Å². The van der Waals surface area contributed by atoms with Crippen molar-refractivity contribution in [2.45, 2.75) is 6.92 Å². The first-order chi connectivity index (χ1) is 4.74. The van der Waals surface area contributed by atoms with Crippen molar-refractivity contribution in [2.75, 3.05) is 4.30 Å². The maximum Gasteiger partial charge on any atom is 0.308 e. The molecule has 0 saturated heterocycles. The highest BCUT2D eigenvalue weighted by molar-refractivity contribution is 6.28. The molecule has 0 atom stereocenters. The summed E-state index contributed by atoms with van der Waals surface area (Å²) in [6.45, 7) is 1.91. The van der Waals surface area contributed by atoms with Gasteiger partial charge in [-0.25, -0.2) is 9.97 Å². The Kier molecular flexibility index (Phi) is 2.50. The molecule has 5 heteroatoms. The lowest BCUT2D eigenvalue weighted by Crippen LogP contribution is -1.98. The standard InChI is InChI=1S/C5H5ClN3.Al/c1-3-2-8-5(6)9-4(3)7;/h2H,1H3,(H-,7,8,9);/q-1;+1. The number of nitrogens with one attached hydrogen (secondary N) is 1. The van der Waals surface area contributed by atoms with E-state index in [-0.39, 0.29) is 5.28 Å². The van der Waals surface area contributed by atoms with Crippen molar-refractivity contribution in [3.05, 3.63) is 17.0 Å². The zero-order valence-corrected chi connectivity index (χ0v) is 7.34. The third-order valence-electron chi connectivity index (χ3n) is 1.08. The van der Waals surface area contributed by atoms with Crippen LogP contribution in [0.25, 0.3) is 0 Å². The van der Waals surface area contributed by atoms with E-state index in [1.165, 1.54) is 0 Å². The molecule has 3 nitrogen and oxygen atoms in total. The fourth-order valence-corrected chi connectivity index (χ4v) is 0.992. The molecule has 1 rings (SSSR count). The molecule has 0 unspecified atom stereocenters. The van der Waals surface area contributed by atoms with E-state index < -0.39 is 0 Å². The Morgan fingerprint density at radius 2 is 2.40 bits per heavy atom. The van der Waals surface area contributed by atoms with Gasteiger partial charge < -0.3 is 4.30 Å².